The Kier molecular flexibility index (Phi) is 5.03. The second-order valence-electron chi connectivity index (χ2n) is 5.87. The predicted molar refractivity (Wildman–Crippen MR) is 103 cm³/mol. The monoisotopic (exact) mass is 349 g/mol. The van der Waals surface area contributed by atoms with E-state index in [4.69, 9.17) is 0 Å². The van der Waals surface area contributed by atoms with E-state index in [9.17, 15) is 15.0 Å². The van der Waals surface area contributed by atoms with Crippen LogP contribution in [0.4, 0.5) is 5.69 Å². The molecule has 0 aromatic heterocycles. The van der Waals surface area contributed by atoms with Gasteiger partial charge in [-0.05, 0) is 30.5 Å². The molecule has 3 aromatic carbocycles. The van der Waals surface area contributed by atoms with Crippen LogP contribution in [0.15, 0.2) is 65.8 Å². The third kappa shape index (κ3) is 3.92. The predicted octanol–water partition coefficient (Wildman–Crippen LogP) is 3.20. The number of anilines is 1. The molecule has 0 heterocycles. The summed E-state index contributed by atoms with van der Waals surface area (Å²) in [4.78, 5) is 12.2. The molecule has 6 heteroatoms. The van der Waals surface area contributed by atoms with Crippen LogP contribution >= 0.6 is 0 Å². The lowest BCUT2D eigenvalue weighted by atomic mass is 10.1. The maximum absolute atomic E-state index is 12.2. The number of nitrogens with one attached hydrogen (secondary N) is 2. The number of rotatable bonds is 5. The Hall–Kier alpha value is -3.54. The van der Waals surface area contributed by atoms with Crippen LogP contribution in [0.1, 0.15) is 12.5 Å². The van der Waals surface area contributed by atoms with Crippen LogP contribution in [0.5, 0.6) is 11.5 Å². The number of carbonyl (C=O) groups is 1. The highest BCUT2D eigenvalue weighted by atomic mass is 16.3. The Balaban J connectivity index is 1.65. The number of carbonyl (C=O) groups excluding carboxylic acids is 1. The number of benzene rings is 3. The zero-order valence-corrected chi connectivity index (χ0v) is 14.2. The number of phenols is 2. The van der Waals surface area contributed by atoms with Crippen molar-refractivity contribution in [3.63, 3.8) is 0 Å². The molecule has 0 aliphatic rings. The summed E-state index contributed by atoms with van der Waals surface area (Å²) in [5.74, 6) is -0.478. The molecule has 1 unspecified atom stereocenters. The van der Waals surface area contributed by atoms with Gasteiger partial charge in [0.15, 0.2) is 0 Å². The molecule has 6 nitrogen and oxygen atoms in total. The van der Waals surface area contributed by atoms with E-state index in [2.05, 4.69) is 15.8 Å². The van der Waals surface area contributed by atoms with E-state index in [1.807, 2.05) is 42.5 Å². The Morgan fingerprint density at radius 3 is 2.65 bits per heavy atom. The molecule has 0 radical (unpaired) electrons. The van der Waals surface area contributed by atoms with Gasteiger partial charge in [-0.15, -0.1) is 0 Å². The largest absolute Gasteiger partial charge is 0.508 e. The highest BCUT2D eigenvalue weighted by Crippen LogP contribution is 2.23. The third-order valence-corrected chi connectivity index (χ3v) is 3.95. The molecule has 0 spiro atoms. The first-order chi connectivity index (χ1) is 12.5. The van der Waals surface area contributed by atoms with Gasteiger partial charge in [0.25, 0.3) is 5.91 Å². The fourth-order valence-electron chi connectivity index (χ4n) is 2.55. The van der Waals surface area contributed by atoms with Crippen molar-refractivity contribution >= 4 is 28.6 Å². The Morgan fingerprint density at radius 1 is 1.08 bits per heavy atom. The van der Waals surface area contributed by atoms with E-state index < -0.39 is 6.04 Å². The number of hydrazone groups is 1. The molecule has 0 bridgehead atoms. The molecule has 1 amide bonds. The Labute approximate surface area is 150 Å². The van der Waals surface area contributed by atoms with E-state index in [0.29, 0.717) is 5.56 Å². The summed E-state index contributed by atoms with van der Waals surface area (Å²) < 4.78 is 0. The highest BCUT2D eigenvalue weighted by molar-refractivity contribution is 5.96. The number of fused-ring (bicyclic) bond motifs is 1. The highest BCUT2D eigenvalue weighted by Gasteiger charge is 2.13. The Bertz CT molecular complexity index is 964. The molecular weight excluding hydrogens is 330 g/mol. The lowest BCUT2D eigenvalue weighted by molar-refractivity contribution is -0.121. The normalized spacial score (nSPS) is 12.2. The molecule has 1 atom stereocenters. The van der Waals surface area contributed by atoms with Crippen LogP contribution < -0.4 is 10.7 Å². The van der Waals surface area contributed by atoms with Crippen molar-refractivity contribution in [2.24, 2.45) is 5.10 Å². The van der Waals surface area contributed by atoms with Crippen molar-refractivity contribution in [1.82, 2.24) is 5.43 Å². The summed E-state index contributed by atoms with van der Waals surface area (Å²) in [5, 5.41) is 28.1. The SMILES string of the molecule is CC(Nc1cccc2ccccc12)C(=O)NN=Cc1ccc(O)cc1O. The van der Waals surface area contributed by atoms with Gasteiger partial charge < -0.3 is 15.5 Å². The van der Waals surface area contributed by atoms with Gasteiger partial charge in [-0.25, -0.2) is 5.43 Å². The van der Waals surface area contributed by atoms with Gasteiger partial charge in [-0.3, -0.25) is 4.79 Å². The number of nitrogens with zero attached hydrogens (tertiary/aromatic N) is 1. The van der Waals surface area contributed by atoms with Gasteiger partial charge in [-0.1, -0.05) is 36.4 Å². The van der Waals surface area contributed by atoms with Gasteiger partial charge in [0.05, 0.1) is 6.21 Å². The molecule has 4 N–H and O–H groups in total. The van der Waals surface area contributed by atoms with Crippen molar-refractivity contribution < 1.29 is 15.0 Å². The van der Waals surface area contributed by atoms with Crippen LogP contribution in [-0.4, -0.2) is 28.4 Å². The number of amides is 1. The third-order valence-electron chi connectivity index (χ3n) is 3.95. The topological polar surface area (TPSA) is 94.0 Å². The minimum atomic E-state index is -0.508. The first-order valence-electron chi connectivity index (χ1n) is 8.14. The number of hydrogen-bond acceptors (Lipinski definition) is 5. The summed E-state index contributed by atoms with van der Waals surface area (Å²) in [6.45, 7) is 1.74. The maximum atomic E-state index is 12.2. The molecular formula is C20H19N3O3. The van der Waals surface area contributed by atoms with Crippen molar-refractivity contribution in [1.29, 1.82) is 0 Å². The van der Waals surface area contributed by atoms with Crippen molar-refractivity contribution in [3.05, 3.63) is 66.2 Å². The molecule has 0 saturated carbocycles. The number of aromatic hydroxyl groups is 2. The van der Waals surface area contributed by atoms with E-state index in [1.165, 1.54) is 24.4 Å². The van der Waals surface area contributed by atoms with Crippen LogP contribution in [0, 0.1) is 0 Å². The molecule has 0 aliphatic carbocycles. The van der Waals surface area contributed by atoms with Crippen molar-refractivity contribution in [2.45, 2.75) is 13.0 Å². The molecule has 3 aromatic rings. The molecule has 0 fully saturated rings. The first-order valence-corrected chi connectivity index (χ1v) is 8.14. The summed E-state index contributed by atoms with van der Waals surface area (Å²) in [6, 6.07) is 17.4. The zero-order chi connectivity index (χ0) is 18.5. The average Bonchev–Trinajstić information content (AvgIpc) is 2.63. The van der Waals surface area contributed by atoms with E-state index in [-0.39, 0.29) is 17.4 Å². The lowest BCUT2D eigenvalue weighted by Crippen LogP contribution is -2.34. The average molecular weight is 349 g/mol. The van der Waals surface area contributed by atoms with Gasteiger partial charge in [-0.2, -0.15) is 5.10 Å². The van der Waals surface area contributed by atoms with E-state index >= 15 is 0 Å². The molecule has 3 rings (SSSR count). The van der Waals surface area contributed by atoms with Gasteiger partial charge in [0, 0.05) is 22.7 Å². The fraction of sp³-hybridized carbons (Fsp3) is 0.100. The summed E-state index contributed by atoms with van der Waals surface area (Å²) in [5.41, 5.74) is 3.69. The van der Waals surface area contributed by atoms with Crippen LogP contribution in [0.3, 0.4) is 0 Å². The standard InChI is InChI=1S/C20H19N3O3/c1-13(22-18-8-4-6-14-5-2-3-7-17(14)18)20(26)23-21-12-15-9-10-16(24)11-19(15)25/h2-13,22,24-25H,1H3,(H,23,26). The van der Waals surface area contributed by atoms with Crippen LogP contribution in [0.2, 0.25) is 0 Å². The first kappa shape index (κ1) is 17.3. The summed E-state index contributed by atoms with van der Waals surface area (Å²) in [7, 11) is 0. The quantitative estimate of drug-likeness (QED) is 0.420. The van der Waals surface area contributed by atoms with Crippen LogP contribution in [0.25, 0.3) is 10.8 Å². The lowest BCUT2D eigenvalue weighted by Gasteiger charge is -2.15. The summed E-state index contributed by atoms with van der Waals surface area (Å²) >= 11 is 0. The number of phenolic OH excluding ortho intramolecular Hbond substituents is 2. The second-order valence-corrected chi connectivity index (χ2v) is 5.87. The minimum absolute atomic E-state index is 0.0448. The molecule has 26 heavy (non-hydrogen) atoms. The van der Waals surface area contributed by atoms with Crippen molar-refractivity contribution in [2.75, 3.05) is 5.32 Å². The molecule has 132 valence electrons. The van der Waals surface area contributed by atoms with Crippen LogP contribution in [-0.2, 0) is 4.79 Å². The van der Waals surface area contributed by atoms with Gasteiger partial charge >= 0.3 is 0 Å². The van der Waals surface area contributed by atoms with E-state index in [1.54, 1.807) is 6.92 Å². The van der Waals surface area contributed by atoms with Gasteiger partial charge in [0.1, 0.15) is 17.5 Å². The van der Waals surface area contributed by atoms with Gasteiger partial charge in [0.2, 0.25) is 0 Å². The minimum Gasteiger partial charge on any atom is -0.508 e. The zero-order valence-electron chi connectivity index (χ0n) is 14.2. The Morgan fingerprint density at radius 2 is 1.85 bits per heavy atom. The maximum Gasteiger partial charge on any atom is 0.262 e. The smallest absolute Gasteiger partial charge is 0.262 e. The van der Waals surface area contributed by atoms with E-state index in [0.717, 1.165) is 16.5 Å². The summed E-state index contributed by atoms with van der Waals surface area (Å²) in [6.07, 6.45) is 1.32. The number of hydrogen-bond donors (Lipinski definition) is 4. The molecule has 0 saturated heterocycles. The fourth-order valence-corrected chi connectivity index (χ4v) is 2.55. The molecule has 0 aliphatic heterocycles. The second kappa shape index (κ2) is 7.57. The van der Waals surface area contributed by atoms with Crippen molar-refractivity contribution in [3.8, 4) is 11.5 Å².